The summed E-state index contributed by atoms with van der Waals surface area (Å²) in [5.41, 5.74) is 0.817. The molecule has 6 N–H and O–H groups in total. The number of benzene rings is 1. The Bertz CT molecular complexity index is 867. The van der Waals surface area contributed by atoms with Crippen molar-refractivity contribution >= 4 is 17.9 Å². The number of carbonyl (C=O) groups is 2. The molecule has 0 spiro atoms. The van der Waals surface area contributed by atoms with Gasteiger partial charge in [-0.25, -0.2) is 0 Å². The number of amides is 2. The molecule has 2 rings (SSSR count). The van der Waals surface area contributed by atoms with Crippen molar-refractivity contribution in [3.05, 3.63) is 42.0 Å². The van der Waals surface area contributed by atoms with E-state index in [0.717, 1.165) is 24.8 Å². The highest BCUT2D eigenvalue weighted by Crippen LogP contribution is 2.22. The molecule has 6 atom stereocenters. The summed E-state index contributed by atoms with van der Waals surface area (Å²) >= 11 is 0. The Hall–Kier alpha value is -2.34. The zero-order chi connectivity index (χ0) is 29.2. The summed E-state index contributed by atoms with van der Waals surface area (Å²) in [4.78, 5) is 25.5. The number of aliphatic hydroxyl groups excluding tert-OH is 4. The maximum atomic E-state index is 12.9. The summed E-state index contributed by atoms with van der Waals surface area (Å²) in [6.07, 6.45) is 7.38. The van der Waals surface area contributed by atoms with Crippen molar-refractivity contribution in [3.8, 4) is 0 Å². The number of carbonyl (C=O) groups excluding carboxylic acids is 2. The molecule has 0 saturated carbocycles. The molecule has 40 heavy (non-hydrogen) atoms. The van der Waals surface area contributed by atoms with Gasteiger partial charge in [-0.1, -0.05) is 95.0 Å². The van der Waals surface area contributed by atoms with E-state index in [0.29, 0.717) is 6.54 Å². The van der Waals surface area contributed by atoms with Crippen LogP contribution in [0.1, 0.15) is 76.7 Å². The zero-order valence-electron chi connectivity index (χ0n) is 23.6. The van der Waals surface area contributed by atoms with Crippen molar-refractivity contribution < 1.29 is 39.5 Å². The highest BCUT2D eigenvalue weighted by molar-refractivity contribution is 5.95. The lowest BCUT2D eigenvalue weighted by atomic mass is 9.99. The van der Waals surface area contributed by atoms with E-state index in [9.17, 15) is 30.0 Å². The standard InChI is InChI=1S/C30H48N2O8/c1-2-3-4-5-6-7-8-9-10-14-19-31-29(38)23(32-25(34)18-17-22-15-12-11-13-16-22)21-39-30-28(37)27(36)26(35)24(20-33)40-30/h11-13,15-18,23-24,26-28,30,33,35-37H,2-10,14,19-21H2,1H3,(H,31,38)(H,32,34)/b18-17+/t23-,24+,26-,27-,28+,30-/m0/s1. The average molecular weight is 565 g/mol. The lowest BCUT2D eigenvalue weighted by Gasteiger charge is -2.39. The number of hydrogen-bond acceptors (Lipinski definition) is 8. The van der Waals surface area contributed by atoms with Crippen molar-refractivity contribution in [2.75, 3.05) is 19.8 Å². The smallest absolute Gasteiger partial charge is 0.245 e. The van der Waals surface area contributed by atoms with Gasteiger partial charge in [0.05, 0.1) is 13.2 Å². The van der Waals surface area contributed by atoms with Crippen molar-refractivity contribution in [3.63, 3.8) is 0 Å². The molecule has 0 aliphatic carbocycles. The minimum atomic E-state index is -1.61. The maximum absolute atomic E-state index is 12.9. The van der Waals surface area contributed by atoms with E-state index in [1.165, 1.54) is 51.0 Å². The van der Waals surface area contributed by atoms with Gasteiger partial charge in [-0.2, -0.15) is 0 Å². The molecule has 0 bridgehead atoms. The van der Waals surface area contributed by atoms with Gasteiger partial charge >= 0.3 is 0 Å². The van der Waals surface area contributed by atoms with Gasteiger partial charge in [0.25, 0.3) is 0 Å². The van der Waals surface area contributed by atoms with Crippen LogP contribution in [0.15, 0.2) is 36.4 Å². The van der Waals surface area contributed by atoms with Crippen molar-refractivity contribution in [1.29, 1.82) is 0 Å². The average Bonchev–Trinajstić information content (AvgIpc) is 2.97. The van der Waals surface area contributed by atoms with E-state index in [1.807, 2.05) is 30.3 Å². The molecule has 1 aromatic carbocycles. The van der Waals surface area contributed by atoms with Crippen LogP contribution in [0.3, 0.4) is 0 Å². The highest BCUT2D eigenvalue weighted by Gasteiger charge is 2.44. The second-order valence-electron chi connectivity index (χ2n) is 10.3. The third-order valence-corrected chi connectivity index (χ3v) is 6.96. The fourth-order valence-electron chi connectivity index (χ4n) is 4.48. The molecule has 1 saturated heterocycles. The first-order valence-electron chi connectivity index (χ1n) is 14.6. The van der Waals surface area contributed by atoms with E-state index in [-0.39, 0.29) is 6.61 Å². The molecule has 10 heteroatoms. The second kappa shape index (κ2) is 19.7. The van der Waals surface area contributed by atoms with Crippen LogP contribution in [0.4, 0.5) is 0 Å². The van der Waals surface area contributed by atoms with Crippen molar-refractivity contribution in [2.24, 2.45) is 0 Å². The summed E-state index contributed by atoms with van der Waals surface area (Å²) in [5, 5.41) is 45.0. The Labute approximate surface area is 237 Å². The molecule has 2 amide bonds. The van der Waals surface area contributed by atoms with Gasteiger partial charge in [-0.3, -0.25) is 9.59 Å². The first kappa shape index (κ1) is 33.9. The molecule has 1 heterocycles. The van der Waals surface area contributed by atoms with Crippen LogP contribution in [0.2, 0.25) is 0 Å². The molecule has 1 fully saturated rings. The molecule has 10 nitrogen and oxygen atoms in total. The van der Waals surface area contributed by atoms with Crippen LogP contribution in [0, 0.1) is 0 Å². The number of unbranched alkanes of at least 4 members (excludes halogenated alkanes) is 9. The number of aliphatic hydroxyl groups is 4. The van der Waals surface area contributed by atoms with E-state index in [2.05, 4.69) is 17.6 Å². The van der Waals surface area contributed by atoms with E-state index >= 15 is 0 Å². The lowest BCUT2D eigenvalue weighted by molar-refractivity contribution is -0.301. The molecule has 0 radical (unpaired) electrons. The number of nitrogens with one attached hydrogen (secondary N) is 2. The molecule has 0 aromatic heterocycles. The molecule has 1 aliphatic heterocycles. The van der Waals surface area contributed by atoms with Gasteiger partial charge in [0.1, 0.15) is 30.5 Å². The largest absolute Gasteiger partial charge is 0.394 e. The van der Waals surface area contributed by atoms with E-state index in [4.69, 9.17) is 9.47 Å². The Morgan fingerprint density at radius 1 is 0.925 bits per heavy atom. The summed E-state index contributed by atoms with van der Waals surface area (Å²) in [7, 11) is 0. The van der Waals surface area contributed by atoms with Crippen LogP contribution in [0.5, 0.6) is 0 Å². The minimum Gasteiger partial charge on any atom is -0.394 e. The molecule has 1 aliphatic rings. The third-order valence-electron chi connectivity index (χ3n) is 6.96. The molecule has 1 aromatic rings. The summed E-state index contributed by atoms with van der Waals surface area (Å²) in [5.74, 6) is -0.970. The molecule has 226 valence electrons. The van der Waals surface area contributed by atoms with Gasteiger partial charge < -0.3 is 40.5 Å². The zero-order valence-corrected chi connectivity index (χ0v) is 23.6. The lowest BCUT2D eigenvalue weighted by Crippen LogP contribution is -2.60. The summed E-state index contributed by atoms with van der Waals surface area (Å²) < 4.78 is 10.9. The van der Waals surface area contributed by atoms with Crippen molar-refractivity contribution in [2.45, 2.75) is 108 Å². The second-order valence-corrected chi connectivity index (χ2v) is 10.3. The Kier molecular flexibility index (Phi) is 16.7. The Balaban J connectivity index is 1.85. The van der Waals surface area contributed by atoms with Gasteiger partial charge in [-0.05, 0) is 18.1 Å². The quantitative estimate of drug-likeness (QED) is 0.110. The highest BCUT2D eigenvalue weighted by atomic mass is 16.7. The van der Waals surface area contributed by atoms with Gasteiger partial charge in [0.15, 0.2) is 6.29 Å². The topological polar surface area (TPSA) is 158 Å². The van der Waals surface area contributed by atoms with Crippen LogP contribution in [-0.2, 0) is 19.1 Å². The molecule has 0 unspecified atom stereocenters. The van der Waals surface area contributed by atoms with Crippen molar-refractivity contribution in [1.82, 2.24) is 10.6 Å². The van der Waals surface area contributed by atoms with Crippen LogP contribution in [-0.4, -0.2) is 88.7 Å². The number of rotatable bonds is 19. The number of hydrogen-bond donors (Lipinski definition) is 6. The Morgan fingerprint density at radius 3 is 2.17 bits per heavy atom. The molecular formula is C30H48N2O8. The van der Waals surface area contributed by atoms with Crippen LogP contribution >= 0.6 is 0 Å². The fraction of sp³-hybridized carbons (Fsp3) is 0.667. The van der Waals surface area contributed by atoms with Gasteiger partial charge in [-0.15, -0.1) is 0 Å². The predicted molar refractivity (Wildman–Crippen MR) is 152 cm³/mol. The van der Waals surface area contributed by atoms with E-state index in [1.54, 1.807) is 6.08 Å². The predicted octanol–water partition coefficient (Wildman–Crippen LogP) is 2.04. The third kappa shape index (κ3) is 12.4. The molecular weight excluding hydrogens is 516 g/mol. The summed E-state index contributed by atoms with van der Waals surface area (Å²) in [6.45, 7) is 1.69. The normalized spacial score (nSPS) is 23.7. The first-order valence-corrected chi connectivity index (χ1v) is 14.6. The summed E-state index contributed by atoms with van der Waals surface area (Å²) in [6, 6.07) is 8.11. The van der Waals surface area contributed by atoms with Gasteiger partial charge in [0, 0.05) is 12.6 Å². The monoisotopic (exact) mass is 564 g/mol. The van der Waals surface area contributed by atoms with E-state index < -0.39 is 55.2 Å². The maximum Gasteiger partial charge on any atom is 0.245 e. The van der Waals surface area contributed by atoms with Gasteiger partial charge in [0.2, 0.25) is 11.8 Å². The SMILES string of the molecule is CCCCCCCCCCCCNC(=O)[C@H](CO[C@H]1O[C@H](CO)[C@H](O)[C@H](O)[C@H]1O)NC(=O)/C=C/c1ccccc1. The fourth-order valence-corrected chi connectivity index (χ4v) is 4.48. The van der Waals surface area contributed by atoms with Crippen LogP contribution < -0.4 is 10.6 Å². The first-order chi connectivity index (χ1) is 19.4. The Morgan fingerprint density at radius 2 is 1.55 bits per heavy atom. The van der Waals surface area contributed by atoms with Crippen LogP contribution in [0.25, 0.3) is 6.08 Å². The minimum absolute atomic E-state index is 0.364. The number of ether oxygens (including phenoxy) is 2.